The maximum absolute atomic E-state index is 4.82. The van der Waals surface area contributed by atoms with Gasteiger partial charge in [-0.2, -0.15) is 0 Å². The fourth-order valence-electron chi connectivity index (χ4n) is 1.21. The van der Waals surface area contributed by atoms with E-state index < -0.39 is 0 Å². The minimum atomic E-state index is 0.371. The lowest BCUT2D eigenvalue weighted by atomic mass is 10.2. The molecule has 0 saturated carbocycles. The largest absolute Gasteiger partial charge is 0.326 e. The molecule has 0 spiro atoms. The Morgan fingerprint density at radius 3 is 2.94 bits per heavy atom. The van der Waals surface area contributed by atoms with Crippen LogP contribution in [0.2, 0.25) is 0 Å². The van der Waals surface area contributed by atoms with Crippen molar-refractivity contribution >= 4 is 35.0 Å². The van der Waals surface area contributed by atoms with E-state index in [4.69, 9.17) is 12.2 Å². The highest BCUT2D eigenvalue weighted by Gasteiger charge is 2.01. The van der Waals surface area contributed by atoms with Crippen molar-refractivity contribution in [2.24, 2.45) is 0 Å². The van der Waals surface area contributed by atoms with Crippen LogP contribution in [0.4, 0.5) is 5.82 Å². The van der Waals surface area contributed by atoms with Crippen LogP contribution in [0.5, 0.6) is 0 Å². The van der Waals surface area contributed by atoms with E-state index in [0.717, 1.165) is 11.3 Å². The maximum atomic E-state index is 4.82. The first-order valence-corrected chi connectivity index (χ1v) is 5.33. The molecule has 2 aromatic rings. The maximum Gasteiger partial charge on any atom is 0.136 e. The van der Waals surface area contributed by atoms with Crippen molar-refractivity contribution in [1.82, 2.24) is 15.0 Å². The molecule has 2 heterocycles. The van der Waals surface area contributed by atoms with E-state index in [1.54, 1.807) is 18.5 Å². The van der Waals surface area contributed by atoms with Gasteiger partial charge in [-0.15, -0.1) is 12.6 Å². The molecule has 0 fully saturated rings. The second kappa shape index (κ2) is 5.00. The van der Waals surface area contributed by atoms with Crippen molar-refractivity contribution in [2.75, 3.05) is 5.32 Å². The lowest BCUT2D eigenvalue weighted by Crippen LogP contribution is -2.03. The van der Waals surface area contributed by atoms with E-state index in [1.807, 2.05) is 12.1 Å². The fraction of sp³-hybridized carbons (Fsp3) is 0. The minimum absolute atomic E-state index is 0.371. The van der Waals surface area contributed by atoms with Gasteiger partial charge in [0, 0.05) is 24.0 Å². The first-order valence-electron chi connectivity index (χ1n) is 4.48. The molecule has 6 heteroatoms. The highest BCUT2D eigenvalue weighted by atomic mass is 32.1. The van der Waals surface area contributed by atoms with Gasteiger partial charge >= 0.3 is 0 Å². The van der Waals surface area contributed by atoms with Gasteiger partial charge in [0.15, 0.2) is 0 Å². The summed E-state index contributed by atoms with van der Waals surface area (Å²) in [7, 11) is 0. The minimum Gasteiger partial charge on any atom is -0.326 e. The van der Waals surface area contributed by atoms with Crippen LogP contribution in [-0.2, 0) is 0 Å². The van der Waals surface area contributed by atoms with Crippen LogP contribution < -0.4 is 5.32 Å². The summed E-state index contributed by atoms with van der Waals surface area (Å²) < 4.78 is 0.371. The molecule has 0 bridgehead atoms. The highest BCUT2D eigenvalue weighted by molar-refractivity contribution is 8.11. The van der Waals surface area contributed by atoms with Crippen LogP contribution in [0.3, 0.4) is 0 Å². The third-order valence-corrected chi connectivity index (χ3v) is 2.07. The summed E-state index contributed by atoms with van der Waals surface area (Å²) >= 11 is 8.80. The average molecular weight is 248 g/mol. The first kappa shape index (κ1) is 11.0. The number of thiol groups is 1. The average Bonchev–Trinajstić information content (AvgIpc) is 2.30. The van der Waals surface area contributed by atoms with Crippen molar-refractivity contribution in [3.05, 3.63) is 36.9 Å². The Kier molecular flexibility index (Phi) is 3.43. The summed E-state index contributed by atoms with van der Waals surface area (Å²) in [5.74, 6) is 0.619. The van der Waals surface area contributed by atoms with E-state index in [2.05, 4.69) is 32.9 Å². The zero-order valence-corrected chi connectivity index (χ0v) is 9.87. The molecule has 0 radical (unpaired) electrons. The zero-order valence-electron chi connectivity index (χ0n) is 8.16. The van der Waals surface area contributed by atoms with Gasteiger partial charge in [0.25, 0.3) is 0 Å². The molecule has 16 heavy (non-hydrogen) atoms. The number of thiocarbonyl (C=S) groups is 1. The van der Waals surface area contributed by atoms with E-state index in [-0.39, 0.29) is 0 Å². The molecule has 0 aliphatic heterocycles. The molecule has 0 aliphatic carbocycles. The zero-order chi connectivity index (χ0) is 11.4. The predicted molar refractivity (Wildman–Crippen MR) is 70.5 cm³/mol. The normalized spacial score (nSPS) is 9.81. The molecule has 2 rings (SSSR count). The van der Waals surface area contributed by atoms with Gasteiger partial charge in [0.05, 0.1) is 5.69 Å². The number of anilines is 1. The van der Waals surface area contributed by atoms with Gasteiger partial charge in [0.1, 0.15) is 16.5 Å². The number of hydrogen-bond acceptors (Lipinski definition) is 4. The number of aromatic nitrogens is 3. The van der Waals surface area contributed by atoms with Gasteiger partial charge in [-0.3, -0.25) is 4.98 Å². The molecule has 0 aliphatic rings. The molecule has 0 amide bonds. The molecular weight excluding hydrogens is 240 g/mol. The van der Waals surface area contributed by atoms with Gasteiger partial charge < -0.3 is 5.32 Å². The molecule has 0 saturated heterocycles. The summed E-state index contributed by atoms with van der Waals surface area (Å²) in [6.45, 7) is 0. The molecular formula is C10H8N4S2. The van der Waals surface area contributed by atoms with Crippen LogP contribution in [-0.4, -0.2) is 19.3 Å². The Hall–Kier alpha value is -1.53. The molecule has 0 aromatic carbocycles. The Balaban J connectivity index is 2.33. The van der Waals surface area contributed by atoms with E-state index in [9.17, 15) is 0 Å². The Bertz CT molecular complexity index is 501. The fourth-order valence-corrected chi connectivity index (χ4v) is 1.43. The molecule has 0 unspecified atom stereocenters. The van der Waals surface area contributed by atoms with Gasteiger partial charge in [-0.25, -0.2) is 9.97 Å². The molecule has 1 N–H and O–H groups in total. The van der Waals surface area contributed by atoms with E-state index >= 15 is 0 Å². The third kappa shape index (κ3) is 2.74. The smallest absolute Gasteiger partial charge is 0.136 e. The summed E-state index contributed by atoms with van der Waals surface area (Å²) in [6, 6.07) is 5.57. The van der Waals surface area contributed by atoms with Gasteiger partial charge in [-0.05, 0) is 12.1 Å². The van der Waals surface area contributed by atoms with E-state index in [0.29, 0.717) is 10.1 Å². The summed E-state index contributed by atoms with van der Waals surface area (Å²) in [4.78, 5) is 12.2. The van der Waals surface area contributed by atoms with Gasteiger partial charge in [0.2, 0.25) is 0 Å². The number of nitrogens with one attached hydrogen (secondary N) is 1. The Morgan fingerprint density at radius 2 is 2.25 bits per heavy atom. The Morgan fingerprint density at radius 1 is 1.38 bits per heavy atom. The van der Waals surface area contributed by atoms with E-state index in [1.165, 1.54) is 6.33 Å². The monoisotopic (exact) mass is 248 g/mol. The number of nitrogens with zero attached hydrogens (tertiary/aromatic N) is 3. The summed E-state index contributed by atoms with van der Waals surface area (Å²) in [6.07, 6.45) is 4.93. The van der Waals surface area contributed by atoms with Crippen molar-refractivity contribution in [1.29, 1.82) is 0 Å². The van der Waals surface area contributed by atoms with Crippen LogP contribution >= 0.6 is 24.8 Å². The number of pyridine rings is 1. The highest BCUT2D eigenvalue weighted by Crippen LogP contribution is 2.17. The van der Waals surface area contributed by atoms with Crippen LogP contribution in [0.25, 0.3) is 11.3 Å². The molecule has 4 nitrogen and oxygen atoms in total. The third-order valence-electron chi connectivity index (χ3n) is 1.86. The van der Waals surface area contributed by atoms with Crippen molar-refractivity contribution in [3.8, 4) is 11.3 Å². The predicted octanol–water partition coefficient (Wildman–Crippen LogP) is 2.17. The number of hydrogen-bond donors (Lipinski definition) is 2. The standard InChI is InChI=1S/C10H8N4S2/c15-10(16)14-9-4-8(12-6-13-9)7-2-1-3-11-5-7/h1-6H,(H2,12,13,14,15,16). The molecule has 2 aromatic heterocycles. The second-order valence-corrected chi connectivity index (χ2v) is 4.12. The quantitative estimate of drug-likeness (QED) is 0.630. The summed E-state index contributed by atoms with van der Waals surface area (Å²) in [5, 5.41) is 2.84. The van der Waals surface area contributed by atoms with Crippen LogP contribution in [0, 0.1) is 0 Å². The van der Waals surface area contributed by atoms with Crippen molar-refractivity contribution in [3.63, 3.8) is 0 Å². The Labute approximate surface area is 104 Å². The summed E-state index contributed by atoms with van der Waals surface area (Å²) in [5.41, 5.74) is 1.72. The lowest BCUT2D eigenvalue weighted by Gasteiger charge is -2.04. The topological polar surface area (TPSA) is 50.7 Å². The molecule has 80 valence electrons. The van der Waals surface area contributed by atoms with Crippen molar-refractivity contribution < 1.29 is 0 Å². The second-order valence-electron chi connectivity index (χ2n) is 2.96. The van der Waals surface area contributed by atoms with Gasteiger partial charge in [-0.1, -0.05) is 12.2 Å². The SMILES string of the molecule is S=C(S)Nc1cc(-c2cccnc2)ncn1. The van der Waals surface area contributed by atoms with Crippen molar-refractivity contribution in [2.45, 2.75) is 0 Å². The van der Waals surface area contributed by atoms with Crippen LogP contribution in [0.1, 0.15) is 0 Å². The van der Waals surface area contributed by atoms with Crippen LogP contribution in [0.15, 0.2) is 36.9 Å². The molecule has 0 atom stereocenters. The number of rotatable bonds is 2. The first-order chi connectivity index (χ1) is 7.75. The lowest BCUT2D eigenvalue weighted by molar-refractivity contribution is 1.17.